The minimum absolute atomic E-state index is 0.340. The van der Waals surface area contributed by atoms with Gasteiger partial charge in [0.1, 0.15) is 0 Å². The minimum Gasteiger partial charge on any atom is -0.313 e. The minimum atomic E-state index is 0.340. The lowest BCUT2D eigenvalue weighted by Gasteiger charge is -2.24. The quantitative estimate of drug-likeness (QED) is 0.185. The lowest BCUT2D eigenvalue weighted by molar-refractivity contribution is 0.819. The molecule has 1 atom stereocenters. The standard InChI is InChI=1S/C48H33N3/c1-3-13-34(14-4-1)49-43-20-10-7-17-37(43)40-29-32(23-26-46(40)49)33-24-27-47-41(30-33)38-18-8-12-22-45(38)51(47)36-25-28-48-42(31-36)39-19-9-11-21-44(39)50(48)35-15-5-2-6-16-35/h1-18,20-31,39H,19H2. The molecule has 2 aliphatic rings. The Morgan fingerprint density at radius 1 is 0.431 bits per heavy atom. The molecule has 9 aromatic rings. The summed E-state index contributed by atoms with van der Waals surface area (Å²) in [5, 5.41) is 5.07. The van der Waals surface area contributed by atoms with E-state index in [0.717, 1.165) is 6.42 Å². The molecule has 0 fully saturated rings. The fourth-order valence-electron chi connectivity index (χ4n) is 8.74. The van der Waals surface area contributed by atoms with E-state index in [-0.39, 0.29) is 0 Å². The summed E-state index contributed by atoms with van der Waals surface area (Å²) in [6, 6.07) is 60.1. The van der Waals surface area contributed by atoms with Crippen LogP contribution in [0.3, 0.4) is 0 Å². The van der Waals surface area contributed by atoms with Gasteiger partial charge in [-0.3, -0.25) is 0 Å². The van der Waals surface area contributed by atoms with Crippen molar-refractivity contribution in [3.63, 3.8) is 0 Å². The third-order valence-electron chi connectivity index (χ3n) is 11.0. The molecule has 240 valence electrons. The monoisotopic (exact) mass is 651 g/mol. The van der Waals surface area contributed by atoms with E-state index < -0.39 is 0 Å². The highest BCUT2D eigenvalue weighted by molar-refractivity contribution is 6.12. The maximum Gasteiger partial charge on any atom is 0.0541 e. The van der Waals surface area contributed by atoms with Gasteiger partial charge in [-0.1, -0.05) is 97.1 Å². The smallest absolute Gasteiger partial charge is 0.0541 e. The summed E-state index contributed by atoms with van der Waals surface area (Å²) in [5.74, 6) is 0.340. The highest BCUT2D eigenvalue weighted by Gasteiger charge is 2.35. The van der Waals surface area contributed by atoms with Crippen molar-refractivity contribution in [1.82, 2.24) is 9.13 Å². The van der Waals surface area contributed by atoms with E-state index in [1.807, 2.05) is 0 Å². The zero-order valence-corrected chi connectivity index (χ0v) is 27.9. The number of allylic oxidation sites excluding steroid dienone is 4. The van der Waals surface area contributed by atoms with E-state index in [9.17, 15) is 0 Å². The third-order valence-corrected chi connectivity index (χ3v) is 11.0. The van der Waals surface area contributed by atoms with Crippen molar-refractivity contribution >= 4 is 55.0 Å². The Labute approximate surface area is 296 Å². The Kier molecular flexibility index (Phi) is 6.08. The molecule has 0 radical (unpaired) electrons. The van der Waals surface area contributed by atoms with E-state index in [1.165, 1.54) is 88.7 Å². The van der Waals surface area contributed by atoms with Gasteiger partial charge in [-0.15, -0.1) is 0 Å². The van der Waals surface area contributed by atoms with Crippen LogP contribution in [-0.4, -0.2) is 9.13 Å². The van der Waals surface area contributed by atoms with Crippen molar-refractivity contribution < 1.29 is 0 Å². The van der Waals surface area contributed by atoms with Gasteiger partial charge >= 0.3 is 0 Å². The first-order valence-corrected chi connectivity index (χ1v) is 17.8. The number of benzene rings is 7. The molecule has 0 N–H and O–H groups in total. The van der Waals surface area contributed by atoms with Crippen molar-refractivity contribution in [3.8, 4) is 22.5 Å². The predicted octanol–water partition coefficient (Wildman–Crippen LogP) is 12.6. The number of aromatic nitrogens is 2. The summed E-state index contributed by atoms with van der Waals surface area (Å²) < 4.78 is 4.84. The molecule has 0 amide bonds. The maximum absolute atomic E-state index is 2.46. The predicted molar refractivity (Wildman–Crippen MR) is 214 cm³/mol. The number of fused-ring (bicyclic) bond motifs is 9. The van der Waals surface area contributed by atoms with E-state index >= 15 is 0 Å². The lowest BCUT2D eigenvalue weighted by atomic mass is 9.92. The molecule has 0 saturated carbocycles. The molecule has 51 heavy (non-hydrogen) atoms. The molecule has 3 heteroatoms. The third kappa shape index (κ3) is 4.18. The van der Waals surface area contributed by atoms with Crippen LogP contribution in [0.5, 0.6) is 0 Å². The molecular formula is C48H33N3. The summed E-state index contributed by atoms with van der Waals surface area (Å²) in [4.78, 5) is 2.44. The second kappa shape index (κ2) is 11.0. The van der Waals surface area contributed by atoms with E-state index in [1.54, 1.807) is 0 Å². The van der Waals surface area contributed by atoms with Crippen LogP contribution in [0, 0.1) is 0 Å². The molecule has 3 nitrogen and oxygen atoms in total. The molecule has 2 aromatic heterocycles. The second-order valence-corrected chi connectivity index (χ2v) is 13.7. The molecule has 0 bridgehead atoms. The van der Waals surface area contributed by atoms with Gasteiger partial charge in [-0.2, -0.15) is 0 Å². The molecular weight excluding hydrogens is 619 g/mol. The highest BCUT2D eigenvalue weighted by Crippen LogP contribution is 2.51. The van der Waals surface area contributed by atoms with Gasteiger partial charge in [0.2, 0.25) is 0 Å². The average Bonchev–Trinajstić information content (AvgIpc) is 3.83. The fourth-order valence-corrected chi connectivity index (χ4v) is 8.74. The summed E-state index contributed by atoms with van der Waals surface area (Å²) in [6.07, 6.45) is 7.81. The average molecular weight is 652 g/mol. The molecule has 1 unspecified atom stereocenters. The number of para-hydroxylation sites is 4. The maximum atomic E-state index is 2.46. The summed E-state index contributed by atoms with van der Waals surface area (Å²) in [7, 11) is 0. The Balaban J connectivity index is 1.07. The number of hydrogen-bond donors (Lipinski definition) is 0. The lowest BCUT2D eigenvalue weighted by Crippen LogP contribution is -2.14. The fraction of sp³-hybridized carbons (Fsp3) is 0.0417. The Bertz CT molecular complexity index is 2890. The van der Waals surface area contributed by atoms with Crippen LogP contribution >= 0.6 is 0 Å². The topological polar surface area (TPSA) is 13.1 Å². The zero-order valence-electron chi connectivity index (χ0n) is 27.9. The molecule has 0 saturated heterocycles. The van der Waals surface area contributed by atoms with Crippen LogP contribution in [0.4, 0.5) is 11.4 Å². The van der Waals surface area contributed by atoms with Gasteiger partial charge in [0, 0.05) is 55.9 Å². The van der Waals surface area contributed by atoms with Crippen molar-refractivity contribution in [1.29, 1.82) is 0 Å². The summed E-state index contributed by atoms with van der Waals surface area (Å²) in [5.41, 5.74) is 14.9. The number of hydrogen-bond acceptors (Lipinski definition) is 1. The van der Waals surface area contributed by atoms with Crippen LogP contribution in [0.1, 0.15) is 17.9 Å². The number of nitrogens with zero attached hydrogens (tertiary/aromatic N) is 3. The first kappa shape index (κ1) is 28.3. The Hall–Kier alpha value is -6.58. The van der Waals surface area contributed by atoms with E-state index in [0.29, 0.717) is 5.92 Å². The SMILES string of the molecule is C1=CCC2C(=C1)N(c1ccccc1)c1ccc(-n3c4ccccc4c4cc(-c5ccc6c(c5)c5ccccc5n6-c5ccccc5)ccc43)cc12. The zero-order chi connectivity index (χ0) is 33.5. The van der Waals surface area contributed by atoms with Crippen molar-refractivity contribution in [2.45, 2.75) is 12.3 Å². The Morgan fingerprint density at radius 2 is 0.980 bits per heavy atom. The van der Waals surface area contributed by atoms with Crippen LogP contribution in [0.2, 0.25) is 0 Å². The second-order valence-electron chi connectivity index (χ2n) is 13.7. The first-order chi connectivity index (χ1) is 25.3. The molecule has 0 spiro atoms. The van der Waals surface area contributed by atoms with Crippen molar-refractivity contribution in [3.05, 3.63) is 193 Å². The van der Waals surface area contributed by atoms with Crippen LogP contribution < -0.4 is 4.90 Å². The number of anilines is 2. The van der Waals surface area contributed by atoms with Crippen LogP contribution in [-0.2, 0) is 0 Å². The van der Waals surface area contributed by atoms with Gasteiger partial charge in [-0.05, 0) is 108 Å². The first-order valence-electron chi connectivity index (χ1n) is 17.8. The highest BCUT2D eigenvalue weighted by atomic mass is 15.2. The largest absolute Gasteiger partial charge is 0.313 e. The summed E-state index contributed by atoms with van der Waals surface area (Å²) >= 11 is 0. The van der Waals surface area contributed by atoms with Crippen molar-refractivity contribution in [2.24, 2.45) is 0 Å². The van der Waals surface area contributed by atoms with Crippen molar-refractivity contribution in [2.75, 3.05) is 4.90 Å². The van der Waals surface area contributed by atoms with Gasteiger partial charge in [0.05, 0.1) is 22.1 Å². The van der Waals surface area contributed by atoms with Gasteiger partial charge in [0.15, 0.2) is 0 Å². The molecule has 3 heterocycles. The van der Waals surface area contributed by atoms with Gasteiger partial charge in [0.25, 0.3) is 0 Å². The van der Waals surface area contributed by atoms with E-state index in [2.05, 4.69) is 196 Å². The van der Waals surface area contributed by atoms with Crippen LogP contribution in [0.25, 0.3) is 66.1 Å². The van der Waals surface area contributed by atoms with Gasteiger partial charge in [-0.25, -0.2) is 0 Å². The number of rotatable bonds is 4. The van der Waals surface area contributed by atoms with E-state index in [4.69, 9.17) is 0 Å². The molecule has 7 aromatic carbocycles. The summed E-state index contributed by atoms with van der Waals surface area (Å²) in [6.45, 7) is 0. The molecule has 1 aliphatic heterocycles. The molecule has 11 rings (SSSR count). The van der Waals surface area contributed by atoms with Crippen LogP contribution in [0.15, 0.2) is 188 Å². The Morgan fingerprint density at radius 3 is 1.63 bits per heavy atom. The molecule has 1 aliphatic carbocycles. The van der Waals surface area contributed by atoms with Gasteiger partial charge < -0.3 is 14.0 Å². The normalized spacial score (nSPS) is 15.2.